The Morgan fingerprint density at radius 2 is 1.78 bits per heavy atom. The van der Waals surface area contributed by atoms with Crippen LogP contribution in [-0.4, -0.2) is 29.9 Å². The van der Waals surface area contributed by atoms with Gasteiger partial charge in [0.25, 0.3) is 5.91 Å². The molecule has 0 saturated carbocycles. The van der Waals surface area contributed by atoms with Gasteiger partial charge in [-0.05, 0) is 64.4 Å². The summed E-state index contributed by atoms with van der Waals surface area (Å²) < 4.78 is 0. The van der Waals surface area contributed by atoms with Gasteiger partial charge in [-0.15, -0.1) is 12.4 Å². The van der Waals surface area contributed by atoms with Crippen LogP contribution >= 0.6 is 12.4 Å². The second-order valence-electron chi connectivity index (χ2n) is 6.77. The summed E-state index contributed by atoms with van der Waals surface area (Å²) in [6, 6.07) is 6.87. The molecule has 0 unspecified atom stereocenters. The summed E-state index contributed by atoms with van der Waals surface area (Å²) in [5.41, 5.74) is 1.03. The summed E-state index contributed by atoms with van der Waals surface area (Å²) >= 11 is 0. The lowest BCUT2D eigenvalue weighted by molar-refractivity contribution is -0.118. The molecule has 23 heavy (non-hydrogen) atoms. The molecule has 3 N–H and O–H groups in total. The molecule has 1 aromatic rings. The molecule has 0 spiro atoms. The third-order valence-corrected chi connectivity index (χ3v) is 3.53. The van der Waals surface area contributed by atoms with Crippen LogP contribution in [-0.2, 0) is 4.79 Å². The van der Waals surface area contributed by atoms with E-state index in [1.54, 1.807) is 24.3 Å². The lowest BCUT2D eigenvalue weighted by Crippen LogP contribution is -2.43. The van der Waals surface area contributed by atoms with Crippen molar-refractivity contribution < 1.29 is 9.59 Å². The Morgan fingerprint density at radius 1 is 1.13 bits per heavy atom. The van der Waals surface area contributed by atoms with Crippen molar-refractivity contribution in [1.82, 2.24) is 10.6 Å². The number of hydrogen-bond donors (Lipinski definition) is 3. The molecule has 2 amide bonds. The third-order valence-electron chi connectivity index (χ3n) is 3.53. The molecular formula is C17H26ClN3O2. The van der Waals surface area contributed by atoms with Crippen molar-refractivity contribution in [2.75, 3.05) is 11.9 Å². The highest BCUT2D eigenvalue weighted by Gasteiger charge is 2.20. The SMILES string of the molecule is CC(C)(C)NC(=O)c1ccc(NC(=O)[C@@H]2CCCCN2)cc1.Cl. The monoisotopic (exact) mass is 339 g/mol. The molecule has 1 saturated heterocycles. The molecule has 1 aliphatic heterocycles. The molecule has 1 heterocycles. The van der Waals surface area contributed by atoms with E-state index in [-0.39, 0.29) is 35.8 Å². The highest BCUT2D eigenvalue weighted by molar-refractivity contribution is 5.97. The smallest absolute Gasteiger partial charge is 0.251 e. The van der Waals surface area contributed by atoms with Crippen molar-refractivity contribution >= 4 is 29.9 Å². The van der Waals surface area contributed by atoms with E-state index in [4.69, 9.17) is 0 Å². The van der Waals surface area contributed by atoms with Crippen LogP contribution in [0.15, 0.2) is 24.3 Å². The van der Waals surface area contributed by atoms with E-state index in [1.165, 1.54) is 0 Å². The van der Waals surface area contributed by atoms with Gasteiger partial charge in [0.1, 0.15) is 0 Å². The minimum atomic E-state index is -0.267. The molecule has 0 aliphatic carbocycles. The van der Waals surface area contributed by atoms with Gasteiger partial charge in [-0.1, -0.05) is 6.42 Å². The first-order chi connectivity index (χ1) is 10.3. The molecule has 1 aliphatic rings. The Kier molecular flexibility index (Phi) is 7.03. The second-order valence-corrected chi connectivity index (χ2v) is 6.77. The molecule has 1 aromatic carbocycles. The molecule has 5 nitrogen and oxygen atoms in total. The zero-order chi connectivity index (χ0) is 16.2. The summed E-state index contributed by atoms with van der Waals surface area (Å²) in [5, 5.41) is 9.02. The number of amides is 2. The molecule has 0 aromatic heterocycles. The molecule has 0 radical (unpaired) electrons. The lowest BCUT2D eigenvalue weighted by Gasteiger charge is -2.22. The fourth-order valence-corrected chi connectivity index (χ4v) is 2.42. The highest BCUT2D eigenvalue weighted by atomic mass is 35.5. The summed E-state index contributed by atoms with van der Waals surface area (Å²) in [5.74, 6) is -0.120. The number of halogens is 1. The van der Waals surface area contributed by atoms with E-state index in [0.29, 0.717) is 11.3 Å². The van der Waals surface area contributed by atoms with Crippen LogP contribution < -0.4 is 16.0 Å². The van der Waals surface area contributed by atoms with E-state index in [1.807, 2.05) is 20.8 Å². The first kappa shape index (κ1) is 19.5. The zero-order valence-electron chi connectivity index (χ0n) is 13.9. The van der Waals surface area contributed by atoms with Crippen molar-refractivity contribution in [1.29, 1.82) is 0 Å². The topological polar surface area (TPSA) is 70.2 Å². The molecule has 1 fully saturated rings. The van der Waals surface area contributed by atoms with Gasteiger partial charge >= 0.3 is 0 Å². The second kappa shape index (κ2) is 8.31. The Morgan fingerprint density at radius 3 is 2.30 bits per heavy atom. The van der Waals surface area contributed by atoms with Gasteiger partial charge in [0.15, 0.2) is 0 Å². The van der Waals surface area contributed by atoms with Crippen molar-refractivity contribution in [3.8, 4) is 0 Å². The maximum absolute atomic E-state index is 12.1. The fraction of sp³-hybridized carbons (Fsp3) is 0.529. The fourth-order valence-electron chi connectivity index (χ4n) is 2.42. The largest absolute Gasteiger partial charge is 0.347 e. The third kappa shape index (κ3) is 6.20. The Balaban J connectivity index is 0.00000264. The molecule has 128 valence electrons. The van der Waals surface area contributed by atoms with Gasteiger partial charge in [0.2, 0.25) is 5.91 Å². The van der Waals surface area contributed by atoms with E-state index in [2.05, 4.69) is 16.0 Å². The van der Waals surface area contributed by atoms with Crippen molar-refractivity contribution in [2.24, 2.45) is 0 Å². The summed E-state index contributed by atoms with van der Waals surface area (Å²) in [7, 11) is 0. The maximum Gasteiger partial charge on any atom is 0.251 e. The number of hydrogen-bond acceptors (Lipinski definition) is 3. The Hall–Kier alpha value is -1.59. The van der Waals surface area contributed by atoms with E-state index in [0.717, 1.165) is 25.8 Å². The van der Waals surface area contributed by atoms with Crippen LogP contribution in [0.2, 0.25) is 0 Å². The zero-order valence-corrected chi connectivity index (χ0v) is 14.8. The number of piperidine rings is 1. The van der Waals surface area contributed by atoms with Gasteiger partial charge in [-0.3, -0.25) is 9.59 Å². The predicted molar refractivity (Wildman–Crippen MR) is 95.2 cm³/mol. The van der Waals surface area contributed by atoms with Crippen LogP contribution in [0.1, 0.15) is 50.4 Å². The average Bonchev–Trinajstić information content (AvgIpc) is 2.47. The van der Waals surface area contributed by atoms with Crippen LogP contribution in [0.25, 0.3) is 0 Å². The van der Waals surface area contributed by atoms with Gasteiger partial charge in [-0.2, -0.15) is 0 Å². The summed E-state index contributed by atoms with van der Waals surface area (Å²) in [4.78, 5) is 24.2. The Labute approximate surface area is 144 Å². The minimum absolute atomic E-state index is 0. The maximum atomic E-state index is 12.1. The van der Waals surface area contributed by atoms with E-state index in [9.17, 15) is 9.59 Å². The first-order valence-electron chi connectivity index (χ1n) is 7.82. The molecular weight excluding hydrogens is 314 g/mol. The molecule has 2 rings (SSSR count). The van der Waals surface area contributed by atoms with Crippen LogP contribution in [0, 0.1) is 0 Å². The quantitative estimate of drug-likeness (QED) is 0.793. The van der Waals surface area contributed by atoms with E-state index >= 15 is 0 Å². The average molecular weight is 340 g/mol. The summed E-state index contributed by atoms with van der Waals surface area (Å²) in [6.07, 6.45) is 3.08. The first-order valence-corrected chi connectivity index (χ1v) is 7.82. The van der Waals surface area contributed by atoms with Crippen LogP contribution in [0.4, 0.5) is 5.69 Å². The Bertz CT molecular complexity index is 532. The number of carbonyl (C=O) groups excluding carboxylic acids is 2. The number of anilines is 1. The standard InChI is InChI=1S/C17H25N3O2.ClH/c1-17(2,3)20-15(21)12-7-9-13(10-8-12)19-16(22)14-6-4-5-11-18-14;/h7-10,14,18H,4-6,11H2,1-3H3,(H,19,22)(H,20,21);1H/t14-;/m0./s1. The summed E-state index contributed by atoms with van der Waals surface area (Å²) in [6.45, 7) is 6.72. The lowest BCUT2D eigenvalue weighted by atomic mass is 10.0. The van der Waals surface area contributed by atoms with E-state index < -0.39 is 0 Å². The number of benzene rings is 1. The normalized spacial score (nSPS) is 17.8. The molecule has 0 bridgehead atoms. The van der Waals surface area contributed by atoms with Crippen LogP contribution in [0.3, 0.4) is 0 Å². The minimum Gasteiger partial charge on any atom is -0.347 e. The van der Waals surface area contributed by atoms with Crippen LogP contribution in [0.5, 0.6) is 0 Å². The number of rotatable bonds is 3. The predicted octanol–water partition coefficient (Wildman–Crippen LogP) is 2.72. The molecule has 6 heteroatoms. The number of carbonyl (C=O) groups is 2. The molecule has 1 atom stereocenters. The van der Waals surface area contributed by atoms with Gasteiger partial charge < -0.3 is 16.0 Å². The van der Waals surface area contributed by atoms with Gasteiger partial charge in [0, 0.05) is 16.8 Å². The number of nitrogens with one attached hydrogen (secondary N) is 3. The van der Waals surface area contributed by atoms with Crippen molar-refractivity contribution in [2.45, 2.75) is 51.6 Å². The highest BCUT2D eigenvalue weighted by Crippen LogP contribution is 2.13. The van der Waals surface area contributed by atoms with Crippen molar-refractivity contribution in [3.63, 3.8) is 0 Å². The van der Waals surface area contributed by atoms with Gasteiger partial charge in [-0.25, -0.2) is 0 Å². The van der Waals surface area contributed by atoms with Gasteiger partial charge in [0.05, 0.1) is 6.04 Å². The van der Waals surface area contributed by atoms with Crippen molar-refractivity contribution in [3.05, 3.63) is 29.8 Å².